The van der Waals surface area contributed by atoms with Crippen LogP contribution in [0.2, 0.25) is 5.02 Å². The number of halogens is 2. The molecule has 0 unspecified atom stereocenters. The largest absolute Gasteiger partial charge is 0.338 e. The number of benzene rings is 3. The number of hydrogen-bond acceptors (Lipinski definition) is 4. The predicted molar refractivity (Wildman–Crippen MR) is 155 cm³/mol. The predicted octanol–water partition coefficient (Wildman–Crippen LogP) is 5.27. The average Bonchev–Trinajstić information content (AvgIpc) is 3.81. The Morgan fingerprint density at radius 1 is 0.927 bits per heavy atom. The molecule has 1 heterocycles. The van der Waals surface area contributed by atoms with Gasteiger partial charge in [-0.3, -0.25) is 9.59 Å². The minimum absolute atomic E-state index is 0.119. The number of carbonyl (C=O) groups excluding carboxylic acids is 2. The topological polar surface area (TPSA) is 78.0 Å². The van der Waals surface area contributed by atoms with Crippen LogP contribution < -0.4 is 0 Å². The lowest BCUT2D eigenvalue weighted by molar-refractivity contribution is -0.135. The van der Waals surface area contributed by atoms with Crippen molar-refractivity contribution in [2.75, 3.05) is 19.6 Å². The van der Waals surface area contributed by atoms with Gasteiger partial charge in [-0.25, -0.2) is 12.8 Å². The minimum Gasteiger partial charge on any atom is -0.338 e. The Morgan fingerprint density at radius 3 is 2.20 bits per heavy atom. The van der Waals surface area contributed by atoms with Crippen LogP contribution in [0.25, 0.3) is 0 Å². The monoisotopic (exact) mass is 597 g/mol. The van der Waals surface area contributed by atoms with Crippen LogP contribution >= 0.6 is 11.6 Å². The maximum absolute atomic E-state index is 13.9. The number of likely N-dealkylation sites (tertiary alicyclic amines) is 1. The van der Waals surface area contributed by atoms with Crippen molar-refractivity contribution in [2.45, 2.75) is 56.1 Å². The van der Waals surface area contributed by atoms with Crippen LogP contribution in [0, 0.1) is 12.7 Å². The van der Waals surface area contributed by atoms with E-state index in [-0.39, 0.29) is 47.7 Å². The van der Waals surface area contributed by atoms with Crippen molar-refractivity contribution in [1.82, 2.24) is 14.1 Å². The van der Waals surface area contributed by atoms with Crippen LogP contribution in [-0.2, 0) is 21.4 Å². The quantitative estimate of drug-likeness (QED) is 0.336. The Morgan fingerprint density at radius 2 is 1.59 bits per heavy atom. The highest BCUT2D eigenvalue weighted by molar-refractivity contribution is 7.89. The molecule has 2 fully saturated rings. The second kappa shape index (κ2) is 12.3. The molecule has 3 aromatic rings. The molecule has 1 aliphatic heterocycles. The van der Waals surface area contributed by atoms with E-state index in [1.807, 2.05) is 6.92 Å². The molecule has 5 rings (SSSR count). The maximum atomic E-state index is 13.9. The molecule has 2 aliphatic rings. The smallest absolute Gasteiger partial charge is 0.253 e. The lowest BCUT2D eigenvalue weighted by atomic mass is 10.0. The number of rotatable bonds is 9. The summed E-state index contributed by atoms with van der Waals surface area (Å²) in [5.74, 6) is -0.799. The molecule has 0 aromatic heterocycles. The van der Waals surface area contributed by atoms with Gasteiger partial charge in [-0.05, 0) is 80.6 Å². The van der Waals surface area contributed by atoms with Gasteiger partial charge in [0.2, 0.25) is 15.9 Å². The Hall–Kier alpha value is -3.27. The molecule has 0 bridgehead atoms. The molecule has 10 heteroatoms. The van der Waals surface area contributed by atoms with Crippen LogP contribution in [0.1, 0.15) is 47.2 Å². The lowest BCUT2D eigenvalue weighted by Gasteiger charge is -2.39. The third kappa shape index (κ3) is 6.97. The van der Waals surface area contributed by atoms with Gasteiger partial charge in [0.05, 0.1) is 11.4 Å². The van der Waals surface area contributed by atoms with E-state index < -0.39 is 10.0 Å². The molecule has 41 heavy (non-hydrogen) atoms. The number of amides is 2. The van der Waals surface area contributed by atoms with Gasteiger partial charge in [0.1, 0.15) is 5.82 Å². The van der Waals surface area contributed by atoms with Gasteiger partial charge < -0.3 is 9.80 Å². The van der Waals surface area contributed by atoms with Crippen LogP contribution in [0.3, 0.4) is 0 Å². The number of carbonyl (C=O) groups is 2. The van der Waals surface area contributed by atoms with E-state index in [0.29, 0.717) is 49.4 Å². The fourth-order valence-electron chi connectivity index (χ4n) is 5.23. The third-order valence-electron chi connectivity index (χ3n) is 7.72. The van der Waals surface area contributed by atoms with E-state index in [4.69, 9.17) is 11.6 Å². The van der Waals surface area contributed by atoms with E-state index in [9.17, 15) is 22.4 Å². The van der Waals surface area contributed by atoms with E-state index >= 15 is 0 Å². The van der Waals surface area contributed by atoms with Gasteiger partial charge in [-0.1, -0.05) is 47.5 Å². The molecule has 3 aromatic carbocycles. The third-order valence-corrected chi connectivity index (χ3v) is 9.87. The van der Waals surface area contributed by atoms with Crippen molar-refractivity contribution in [2.24, 2.45) is 0 Å². The first-order valence-corrected chi connectivity index (χ1v) is 15.6. The van der Waals surface area contributed by atoms with Crippen molar-refractivity contribution in [3.05, 3.63) is 100 Å². The van der Waals surface area contributed by atoms with E-state index in [1.165, 1.54) is 16.4 Å². The first kappa shape index (κ1) is 29.2. The molecule has 0 atom stereocenters. The van der Waals surface area contributed by atoms with Gasteiger partial charge >= 0.3 is 0 Å². The van der Waals surface area contributed by atoms with Crippen LogP contribution in [0.5, 0.6) is 0 Å². The summed E-state index contributed by atoms with van der Waals surface area (Å²) in [5, 5.41) is 0.489. The molecule has 0 spiro atoms. The Labute approximate surface area is 245 Å². The summed E-state index contributed by atoms with van der Waals surface area (Å²) in [7, 11) is -3.87. The fourth-order valence-corrected chi connectivity index (χ4v) is 7.06. The number of hydrogen-bond donors (Lipinski definition) is 0. The first-order valence-electron chi connectivity index (χ1n) is 13.8. The van der Waals surface area contributed by atoms with Crippen LogP contribution in [0.15, 0.2) is 77.7 Å². The van der Waals surface area contributed by atoms with Gasteiger partial charge in [0.15, 0.2) is 0 Å². The van der Waals surface area contributed by atoms with Gasteiger partial charge in [0.25, 0.3) is 5.91 Å². The highest BCUT2D eigenvalue weighted by atomic mass is 35.5. The molecular weight excluding hydrogens is 565 g/mol. The van der Waals surface area contributed by atoms with Crippen molar-refractivity contribution in [3.63, 3.8) is 0 Å². The summed E-state index contributed by atoms with van der Waals surface area (Å²) in [6.45, 7) is 2.72. The molecule has 0 N–H and O–H groups in total. The summed E-state index contributed by atoms with van der Waals surface area (Å²) in [5.41, 5.74) is 2.21. The Kier molecular flexibility index (Phi) is 8.77. The summed E-state index contributed by atoms with van der Waals surface area (Å²) >= 11 is 6.08. The van der Waals surface area contributed by atoms with E-state index in [2.05, 4.69) is 0 Å². The second-order valence-corrected chi connectivity index (χ2v) is 13.1. The zero-order chi connectivity index (χ0) is 29.1. The average molecular weight is 598 g/mol. The summed E-state index contributed by atoms with van der Waals surface area (Å²) in [6, 6.07) is 19.0. The summed E-state index contributed by atoms with van der Waals surface area (Å²) in [6.07, 6.45) is 2.49. The molecule has 2 amide bonds. The second-order valence-electron chi connectivity index (χ2n) is 10.8. The first-order chi connectivity index (χ1) is 19.6. The Balaban J connectivity index is 1.34. The number of piperidine rings is 1. The van der Waals surface area contributed by atoms with E-state index in [1.54, 1.807) is 70.5 Å². The minimum atomic E-state index is -3.87. The maximum Gasteiger partial charge on any atom is 0.253 e. The molecule has 1 saturated carbocycles. The zero-order valence-corrected chi connectivity index (χ0v) is 24.5. The van der Waals surface area contributed by atoms with Gasteiger partial charge in [-0.2, -0.15) is 4.31 Å². The van der Waals surface area contributed by atoms with Crippen molar-refractivity contribution < 1.29 is 22.4 Å². The Bertz CT molecular complexity index is 1500. The molecule has 1 saturated heterocycles. The normalized spacial score (nSPS) is 16.1. The SMILES string of the molecule is Cc1ccc(S(=O)(=O)N(CC(=O)N(Cc2ccc(F)cc2)C2CCN(C(=O)c3cccc(Cl)c3)CC2)C2CC2)cc1. The molecule has 216 valence electrons. The highest BCUT2D eigenvalue weighted by Crippen LogP contribution is 2.33. The molecule has 1 aliphatic carbocycles. The number of nitrogens with zero attached hydrogens (tertiary/aromatic N) is 3. The summed E-state index contributed by atoms with van der Waals surface area (Å²) < 4.78 is 42.1. The standard InChI is InChI=1S/C31H33ClFN3O4S/c1-22-5-13-29(14-6-22)41(39,40)36(28-11-12-28)21-30(37)35(20-23-7-9-26(33)10-8-23)27-15-17-34(18-16-27)31(38)24-3-2-4-25(32)19-24/h2-10,13-14,19,27-28H,11-12,15-18,20-21H2,1H3. The summed E-state index contributed by atoms with van der Waals surface area (Å²) in [4.78, 5) is 30.6. The van der Waals surface area contributed by atoms with Crippen LogP contribution in [-0.4, -0.2) is 66.1 Å². The molecular formula is C31H33ClFN3O4S. The zero-order valence-electron chi connectivity index (χ0n) is 22.9. The van der Waals surface area contributed by atoms with E-state index in [0.717, 1.165) is 11.1 Å². The van der Waals surface area contributed by atoms with Crippen molar-refractivity contribution in [1.29, 1.82) is 0 Å². The fraction of sp³-hybridized carbons (Fsp3) is 0.355. The molecule has 0 radical (unpaired) electrons. The van der Waals surface area contributed by atoms with Crippen LogP contribution in [0.4, 0.5) is 4.39 Å². The number of aryl methyl sites for hydroxylation is 1. The van der Waals surface area contributed by atoms with Crippen molar-refractivity contribution >= 4 is 33.4 Å². The lowest BCUT2D eigenvalue weighted by Crippen LogP contribution is -2.51. The van der Waals surface area contributed by atoms with Crippen molar-refractivity contribution in [3.8, 4) is 0 Å². The number of sulfonamides is 1. The molecule has 7 nitrogen and oxygen atoms in total. The van der Waals surface area contributed by atoms with Gasteiger partial charge in [0, 0.05) is 42.3 Å². The highest BCUT2D eigenvalue weighted by Gasteiger charge is 2.41. The van der Waals surface area contributed by atoms with Gasteiger partial charge in [-0.15, -0.1) is 0 Å².